The van der Waals surface area contributed by atoms with Crippen molar-refractivity contribution >= 4 is 15.9 Å². The van der Waals surface area contributed by atoms with Crippen LogP contribution in [-0.4, -0.2) is 0 Å². The molecule has 0 saturated carbocycles. The first kappa shape index (κ1) is 7.86. The molecule has 0 radical (unpaired) electrons. The van der Waals surface area contributed by atoms with Crippen molar-refractivity contribution in [3.05, 3.63) is 21.8 Å². The van der Waals surface area contributed by atoms with Gasteiger partial charge in [0.2, 0.25) is 0 Å². The van der Waals surface area contributed by atoms with E-state index in [1.807, 2.05) is 6.92 Å². The summed E-state index contributed by atoms with van der Waals surface area (Å²) in [5.41, 5.74) is 8.03. The van der Waals surface area contributed by atoms with Gasteiger partial charge in [-0.3, -0.25) is 0 Å². The maximum absolute atomic E-state index is 5.80. The average Bonchev–Trinajstić information content (AvgIpc) is 1.82. The van der Waals surface area contributed by atoms with Crippen LogP contribution in [0.4, 0.5) is 0 Å². The molecule has 1 atom stereocenters. The van der Waals surface area contributed by atoms with Crippen LogP contribution in [0.25, 0.3) is 0 Å². The van der Waals surface area contributed by atoms with Crippen LogP contribution in [-0.2, 0) is 0 Å². The molecule has 1 rings (SSSR count). The third-order valence-corrected chi connectivity index (χ3v) is 2.41. The van der Waals surface area contributed by atoms with Crippen LogP contribution >= 0.6 is 15.9 Å². The SMILES string of the molecule is CC1=C(N)[C@@H](C)CC(Br)=C1. The number of hydrogen-bond donors (Lipinski definition) is 1. The molecule has 0 fully saturated rings. The van der Waals surface area contributed by atoms with E-state index in [9.17, 15) is 0 Å². The normalized spacial score (nSPS) is 26.7. The molecule has 0 unspecified atom stereocenters. The predicted octanol–water partition coefficient (Wildman–Crippen LogP) is 2.54. The molecule has 0 heterocycles. The highest BCUT2D eigenvalue weighted by atomic mass is 79.9. The highest BCUT2D eigenvalue weighted by Gasteiger charge is 2.13. The number of allylic oxidation sites excluding steroid dienone is 4. The molecule has 1 aliphatic rings. The van der Waals surface area contributed by atoms with Crippen LogP contribution in [0.1, 0.15) is 20.3 Å². The van der Waals surface area contributed by atoms with Crippen molar-refractivity contribution < 1.29 is 0 Å². The van der Waals surface area contributed by atoms with Crippen molar-refractivity contribution in [1.82, 2.24) is 0 Å². The zero-order chi connectivity index (χ0) is 7.72. The molecule has 0 aromatic rings. The van der Waals surface area contributed by atoms with Gasteiger partial charge in [-0.1, -0.05) is 22.9 Å². The minimum Gasteiger partial charge on any atom is -0.402 e. The fourth-order valence-corrected chi connectivity index (χ4v) is 2.00. The minimum absolute atomic E-state index is 0.499. The Hall–Kier alpha value is -0.240. The molecule has 56 valence electrons. The first-order valence-corrected chi connectivity index (χ1v) is 4.23. The van der Waals surface area contributed by atoms with Crippen molar-refractivity contribution in [3.63, 3.8) is 0 Å². The molecule has 10 heavy (non-hydrogen) atoms. The van der Waals surface area contributed by atoms with Gasteiger partial charge in [-0.2, -0.15) is 0 Å². The van der Waals surface area contributed by atoms with E-state index in [1.165, 1.54) is 10.1 Å². The van der Waals surface area contributed by atoms with Crippen LogP contribution in [0.2, 0.25) is 0 Å². The summed E-state index contributed by atoms with van der Waals surface area (Å²) < 4.78 is 1.26. The van der Waals surface area contributed by atoms with Gasteiger partial charge in [0.25, 0.3) is 0 Å². The Morgan fingerprint density at radius 2 is 2.30 bits per heavy atom. The Kier molecular flexibility index (Phi) is 2.19. The molecule has 0 bridgehead atoms. The van der Waals surface area contributed by atoms with E-state index in [-0.39, 0.29) is 0 Å². The van der Waals surface area contributed by atoms with Crippen molar-refractivity contribution in [3.8, 4) is 0 Å². The molecule has 1 nitrogen and oxygen atoms in total. The van der Waals surface area contributed by atoms with E-state index in [1.54, 1.807) is 0 Å². The molecule has 0 aromatic carbocycles. The van der Waals surface area contributed by atoms with Gasteiger partial charge in [0.15, 0.2) is 0 Å². The second-order valence-corrected chi connectivity index (χ2v) is 3.85. The summed E-state index contributed by atoms with van der Waals surface area (Å²) in [4.78, 5) is 0. The standard InChI is InChI=1S/C8H12BrN/c1-5-3-7(9)4-6(2)8(5)10/h3,6H,4,10H2,1-2H3/t6-/m0/s1. The summed E-state index contributed by atoms with van der Waals surface area (Å²) in [7, 11) is 0. The lowest BCUT2D eigenvalue weighted by Gasteiger charge is -2.18. The van der Waals surface area contributed by atoms with Crippen molar-refractivity contribution in [1.29, 1.82) is 0 Å². The summed E-state index contributed by atoms with van der Waals surface area (Å²) in [5, 5.41) is 0. The van der Waals surface area contributed by atoms with Gasteiger partial charge in [0.05, 0.1) is 0 Å². The zero-order valence-electron chi connectivity index (χ0n) is 6.32. The molecular formula is C8H12BrN. The monoisotopic (exact) mass is 201 g/mol. The number of nitrogens with two attached hydrogens (primary N) is 1. The highest BCUT2D eigenvalue weighted by molar-refractivity contribution is 9.11. The van der Waals surface area contributed by atoms with Gasteiger partial charge < -0.3 is 5.73 Å². The zero-order valence-corrected chi connectivity index (χ0v) is 7.90. The maximum atomic E-state index is 5.80. The van der Waals surface area contributed by atoms with Crippen molar-refractivity contribution in [2.75, 3.05) is 0 Å². The quantitative estimate of drug-likeness (QED) is 0.641. The Balaban J connectivity index is 2.92. The van der Waals surface area contributed by atoms with Gasteiger partial charge >= 0.3 is 0 Å². The molecule has 0 aromatic heterocycles. The smallest absolute Gasteiger partial charge is 0.0143 e. The second kappa shape index (κ2) is 2.79. The van der Waals surface area contributed by atoms with Crippen LogP contribution in [0.15, 0.2) is 21.8 Å². The summed E-state index contributed by atoms with van der Waals surface area (Å²) in [6.07, 6.45) is 3.14. The fraction of sp³-hybridized carbons (Fsp3) is 0.500. The Morgan fingerprint density at radius 3 is 2.80 bits per heavy atom. The molecule has 0 aliphatic heterocycles. The first-order chi connectivity index (χ1) is 4.61. The third kappa shape index (κ3) is 1.43. The van der Waals surface area contributed by atoms with Crippen molar-refractivity contribution in [2.45, 2.75) is 20.3 Å². The summed E-state index contributed by atoms with van der Waals surface area (Å²) in [6.45, 7) is 4.19. The van der Waals surface area contributed by atoms with E-state index in [0.29, 0.717) is 5.92 Å². The van der Waals surface area contributed by atoms with Crippen LogP contribution in [0.3, 0.4) is 0 Å². The van der Waals surface area contributed by atoms with Gasteiger partial charge in [-0.05, 0) is 29.5 Å². The molecule has 0 saturated heterocycles. The second-order valence-electron chi connectivity index (χ2n) is 2.83. The first-order valence-electron chi connectivity index (χ1n) is 3.43. The molecule has 2 N–H and O–H groups in total. The average molecular weight is 202 g/mol. The van der Waals surface area contributed by atoms with Crippen molar-refractivity contribution in [2.24, 2.45) is 11.7 Å². The van der Waals surface area contributed by atoms with E-state index in [0.717, 1.165) is 12.1 Å². The lowest BCUT2D eigenvalue weighted by molar-refractivity contribution is 0.664. The summed E-state index contributed by atoms with van der Waals surface area (Å²) >= 11 is 3.47. The topological polar surface area (TPSA) is 26.0 Å². The fourth-order valence-electron chi connectivity index (χ4n) is 1.17. The number of halogens is 1. The molecule has 0 spiro atoms. The van der Waals surface area contributed by atoms with Crippen LogP contribution in [0.5, 0.6) is 0 Å². The summed E-state index contributed by atoms with van der Waals surface area (Å²) in [6, 6.07) is 0. The van der Waals surface area contributed by atoms with Gasteiger partial charge in [0.1, 0.15) is 0 Å². The maximum Gasteiger partial charge on any atom is 0.0143 e. The number of hydrogen-bond acceptors (Lipinski definition) is 1. The lowest BCUT2D eigenvalue weighted by Crippen LogP contribution is -2.13. The predicted molar refractivity (Wildman–Crippen MR) is 47.7 cm³/mol. The molecule has 0 amide bonds. The number of rotatable bonds is 0. The summed E-state index contributed by atoms with van der Waals surface area (Å²) in [5.74, 6) is 0.499. The Labute approximate surface area is 70.1 Å². The van der Waals surface area contributed by atoms with Gasteiger partial charge in [0, 0.05) is 11.6 Å². The molecule has 2 heteroatoms. The lowest BCUT2D eigenvalue weighted by atomic mass is 9.95. The van der Waals surface area contributed by atoms with E-state index in [2.05, 4.69) is 28.9 Å². The van der Waals surface area contributed by atoms with Crippen LogP contribution in [0, 0.1) is 5.92 Å². The van der Waals surface area contributed by atoms with E-state index in [4.69, 9.17) is 5.73 Å². The largest absolute Gasteiger partial charge is 0.402 e. The minimum atomic E-state index is 0.499. The highest BCUT2D eigenvalue weighted by Crippen LogP contribution is 2.28. The van der Waals surface area contributed by atoms with Gasteiger partial charge in [-0.25, -0.2) is 0 Å². The third-order valence-electron chi connectivity index (χ3n) is 1.86. The van der Waals surface area contributed by atoms with E-state index >= 15 is 0 Å². The Morgan fingerprint density at radius 1 is 1.70 bits per heavy atom. The van der Waals surface area contributed by atoms with Gasteiger partial charge in [-0.15, -0.1) is 0 Å². The van der Waals surface area contributed by atoms with E-state index < -0.39 is 0 Å². The molecular weight excluding hydrogens is 190 g/mol. The van der Waals surface area contributed by atoms with Crippen LogP contribution < -0.4 is 5.73 Å². The molecule has 1 aliphatic carbocycles. The Bertz CT molecular complexity index is 203.